The molecule has 2 nitrogen and oxygen atoms in total. The van der Waals surface area contributed by atoms with Crippen LogP contribution >= 0.6 is 11.8 Å². The van der Waals surface area contributed by atoms with E-state index in [9.17, 15) is 0 Å². The molecule has 1 spiro atoms. The van der Waals surface area contributed by atoms with Gasteiger partial charge >= 0.3 is 0 Å². The molecule has 3 heteroatoms. The number of anilines is 6. The molecule has 14 aromatic rings. The van der Waals surface area contributed by atoms with Crippen molar-refractivity contribution in [2.75, 3.05) is 9.80 Å². The minimum absolute atomic E-state index is 0.672. The van der Waals surface area contributed by atoms with Crippen LogP contribution in [0.25, 0.3) is 76.5 Å². The summed E-state index contributed by atoms with van der Waals surface area (Å²) >= 11 is 1.89. The van der Waals surface area contributed by atoms with Gasteiger partial charge in [0, 0.05) is 43.9 Å². The van der Waals surface area contributed by atoms with E-state index in [4.69, 9.17) is 0 Å². The lowest BCUT2D eigenvalue weighted by Crippen LogP contribution is -2.32. The average Bonchev–Trinajstić information content (AvgIpc) is 2.90. The SMILES string of the molecule is Cc1ccc(N(c2ccc(-c3cccc4ccccc34)cc2)c2ccc3c(c2)C2(c4ccccc4Sc4ccccc42)c2c-3c3ccccc3c3cc(N(c4ccc(C)cc4)c4ccc(-c5cccc6ccccc56)cc4)ccc23)cc1. The van der Waals surface area contributed by atoms with Gasteiger partial charge < -0.3 is 9.80 Å². The van der Waals surface area contributed by atoms with E-state index in [1.807, 2.05) is 11.8 Å². The number of hydrogen-bond acceptors (Lipinski definition) is 3. The summed E-state index contributed by atoms with van der Waals surface area (Å²) in [4.78, 5) is 7.44. The first kappa shape index (κ1) is 48.0. The maximum Gasteiger partial charge on any atom is 0.0742 e. The van der Waals surface area contributed by atoms with Crippen molar-refractivity contribution in [3.8, 4) is 33.4 Å². The van der Waals surface area contributed by atoms with Crippen molar-refractivity contribution in [2.24, 2.45) is 0 Å². The van der Waals surface area contributed by atoms with Gasteiger partial charge in [-0.25, -0.2) is 0 Å². The van der Waals surface area contributed by atoms with Crippen LogP contribution in [0.4, 0.5) is 34.1 Å². The quantitative estimate of drug-likeness (QED) is 0.140. The summed E-state index contributed by atoms with van der Waals surface area (Å²) in [6.45, 7) is 4.33. The number of fused-ring (bicyclic) bond motifs is 16. The van der Waals surface area contributed by atoms with Gasteiger partial charge in [-0.1, -0.05) is 229 Å². The number of hydrogen-bond donors (Lipinski definition) is 0. The second-order valence-electron chi connectivity index (χ2n) is 22.1. The molecule has 1 heterocycles. The van der Waals surface area contributed by atoms with Crippen molar-refractivity contribution in [2.45, 2.75) is 29.1 Å². The first-order valence-electron chi connectivity index (χ1n) is 28.4. The first-order chi connectivity index (χ1) is 40.5. The van der Waals surface area contributed by atoms with Crippen molar-refractivity contribution in [1.29, 1.82) is 0 Å². The van der Waals surface area contributed by atoms with Gasteiger partial charge in [0.1, 0.15) is 0 Å². The van der Waals surface area contributed by atoms with Crippen molar-refractivity contribution >= 4 is 89.0 Å². The van der Waals surface area contributed by atoms with E-state index < -0.39 is 5.41 Å². The Hall–Kier alpha value is -9.93. The summed E-state index contributed by atoms with van der Waals surface area (Å²) in [6, 6.07) is 109. The molecule has 0 unspecified atom stereocenters. The molecular weight excluding hydrogens is 1010 g/mol. The van der Waals surface area contributed by atoms with E-state index in [2.05, 4.69) is 315 Å². The van der Waals surface area contributed by atoms with Gasteiger partial charge in [0.05, 0.1) is 5.41 Å². The molecule has 0 radical (unpaired) electrons. The Morgan fingerprint density at radius 1 is 0.280 bits per heavy atom. The van der Waals surface area contributed by atoms with Crippen LogP contribution in [-0.2, 0) is 5.41 Å². The molecule has 0 amide bonds. The molecule has 0 N–H and O–H groups in total. The molecule has 82 heavy (non-hydrogen) atoms. The van der Waals surface area contributed by atoms with Crippen LogP contribution < -0.4 is 9.80 Å². The molecule has 0 fully saturated rings. The lowest BCUT2D eigenvalue weighted by molar-refractivity contribution is 0.728. The number of rotatable bonds is 8. The molecule has 0 aromatic heterocycles. The lowest BCUT2D eigenvalue weighted by Gasteiger charge is -2.40. The standard InChI is InChI=1S/C79H54N2S/c1-51-29-37-57(38-30-51)80(59-41-33-55(34-42-59)65-23-13-17-53-15-3-5-19-63(53)65)61-45-47-69-71(49-61)67-21-7-8-22-68(67)77-70-48-46-62(50-74(70)79(78(69)77)72-25-9-11-27-75(72)82-76-28-12-10-26-73(76)79)81(58-39-31-52(2)32-40-58)60-43-35-56(36-44-60)66-24-14-18-54-16-4-6-20-64(54)66/h3-50H,1-2H3. The Labute approximate surface area is 482 Å². The normalized spacial score (nSPS) is 12.8. The third kappa shape index (κ3) is 7.50. The zero-order valence-electron chi connectivity index (χ0n) is 45.5. The molecule has 0 bridgehead atoms. The summed E-state index contributed by atoms with van der Waals surface area (Å²) in [5, 5.41) is 9.96. The van der Waals surface area contributed by atoms with Crippen LogP contribution in [0.5, 0.6) is 0 Å². The highest BCUT2D eigenvalue weighted by atomic mass is 32.2. The van der Waals surface area contributed by atoms with E-state index in [1.54, 1.807) is 0 Å². The highest BCUT2D eigenvalue weighted by Crippen LogP contribution is 2.65. The van der Waals surface area contributed by atoms with E-state index in [1.165, 1.54) is 120 Å². The summed E-state index contributed by atoms with van der Waals surface area (Å²) < 4.78 is 0. The van der Waals surface area contributed by atoms with Gasteiger partial charge in [-0.05, 0) is 198 Å². The number of nitrogens with zero attached hydrogens (tertiary/aromatic N) is 2. The van der Waals surface area contributed by atoms with Gasteiger partial charge in [0.15, 0.2) is 0 Å². The summed E-state index contributed by atoms with van der Waals surface area (Å²) in [6.07, 6.45) is 0. The van der Waals surface area contributed by atoms with Gasteiger partial charge in [0.2, 0.25) is 0 Å². The molecule has 16 rings (SSSR count). The Morgan fingerprint density at radius 3 is 1.23 bits per heavy atom. The number of benzene rings is 14. The van der Waals surface area contributed by atoms with Crippen LogP contribution in [0.3, 0.4) is 0 Å². The van der Waals surface area contributed by atoms with Crippen LogP contribution in [0.1, 0.15) is 33.4 Å². The minimum atomic E-state index is -0.672. The first-order valence-corrected chi connectivity index (χ1v) is 29.2. The van der Waals surface area contributed by atoms with Gasteiger partial charge in [-0.3, -0.25) is 0 Å². The molecular formula is C79H54N2S. The Balaban J connectivity index is 0.920. The average molecular weight is 1060 g/mol. The maximum atomic E-state index is 2.54. The summed E-state index contributed by atoms with van der Waals surface area (Å²) in [7, 11) is 0. The fourth-order valence-electron chi connectivity index (χ4n) is 13.7. The Kier molecular flexibility index (Phi) is 11.2. The van der Waals surface area contributed by atoms with Crippen molar-refractivity contribution < 1.29 is 0 Å². The molecule has 14 aromatic carbocycles. The molecule has 0 saturated heterocycles. The van der Waals surface area contributed by atoms with E-state index >= 15 is 0 Å². The predicted molar refractivity (Wildman–Crippen MR) is 348 cm³/mol. The van der Waals surface area contributed by atoms with Crippen LogP contribution in [-0.4, -0.2) is 0 Å². The summed E-state index contributed by atoms with van der Waals surface area (Å²) in [5.74, 6) is 0. The highest BCUT2D eigenvalue weighted by molar-refractivity contribution is 7.99. The third-order valence-electron chi connectivity index (χ3n) is 17.4. The van der Waals surface area contributed by atoms with Gasteiger partial charge in [-0.15, -0.1) is 0 Å². The Bertz CT molecular complexity index is 4790. The molecule has 1 aliphatic carbocycles. The molecule has 386 valence electrons. The maximum absolute atomic E-state index is 2.54. The fourth-order valence-corrected chi connectivity index (χ4v) is 14.9. The number of aryl methyl sites for hydroxylation is 2. The topological polar surface area (TPSA) is 6.48 Å². The zero-order valence-corrected chi connectivity index (χ0v) is 46.3. The molecule has 0 atom stereocenters. The van der Waals surface area contributed by atoms with Crippen molar-refractivity contribution in [1.82, 2.24) is 0 Å². The molecule has 1 aliphatic heterocycles. The minimum Gasteiger partial charge on any atom is -0.310 e. The largest absolute Gasteiger partial charge is 0.310 e. The van der Waals surface area contributed by atoms with E-state index in [0.29, 0.717) is 0 Å². The van der Waals surface area contributed by atoms with Crippen LogP contribution in [0, 0.1) is 13.8 Å². The van der Waals surface area contributed by atoms with Crippen LogP contribution in [0.15, 0.2) is 301 Å². The van der Waals surface area contributed by atoms with E-state index in [-0.39, 0.29) is 0 Å². The monoisotopic (exact) mass is 1060 g/mol. The second-order valence-corrected chi connectivity index (χ2v) is 23.2. The van der Waals surface area contributed by atoms with Crippen molar-refractivity contribution in [3.63, 3.8) is 0 Å². The molecule has 2 aliphatic rings. The lowest BCUT2D eigenvalue weighted by atomic mass is 9.66. The molecule has 0 saturated carbocycles. The Morgan fingerprint density at radius 2 is 0.695 bits per heavy atom. The third-order valence-corrected chi connectivity index (χ3v) is 18.6. The van der Waals surface area contributed by atoms with Crippen LogP contribution in [0.2, 0.25) is 0 Å². The van der Waals surface area contributed by atoms with Gasteiger partial charge in [-0.2, -0.15) is 0 Å². The van der Waals surface area contributed by atoms with E-state index in [0.717, 1.165) is 34.1 Å². The van der Waals surface area contributed by atoms with Gasteiger partial charge in [0.25, 0.3) is 0 Å². The second kappa shape index (κ2) is 19.1. The zero-order chi connectivity index (χ0) is 54.5. The van der Waals surface area contributed by atoms with Crippen molar-refractivity contribution in [3.05, 3.63) is 325 Å². The smallest absolute Gasteiger partial charge is 0.0742 e. The highest BCUT2D eigenvalue weighted by Gasteiger charge is 2.52. The predicted octanol–water partition coefficient (Wildman–Crippen LogP) is 22.0. The fraction of sp³-hybridized carbons (Fsp3) is 0.0380. The summed E-state index contributed by atoms with van der Waals surface area (Å²) in [5.41, 5.74) is 21.1.